The lowest BCUT2D eigenvalue weighted by atomic mass is 10.3. The third-order valence-electron chi connectivity index (χ3n) is 1.67. The molecule has 1 N–H and O–H groups in total. The zero-order valence-corrected chi connectivity index (χ0v) is 8.22. The minimum atomic E-state index is -0.505. The molecule has 0 atom stereocenters. The molecule has 1 aliphatic heterocycles. The number of hydrogen-bond donors (Lipinski definition) is 1. The van der Waals surface area contributed by atoms with Crippen LogP contribution in [0, 0.1) is 0 Å². The highest BCUT2D eigenvalue weighted by molar-refractivity contribution is 6.00. The maximum atomic E-state index is 10.2. The second-order valence-electron chi connectivity index (χ2n) is 2.86. The number of amides is 2. The van der Waals surface area contributed by atoms with Crippen LogP contribution >= 0.6 is 0 Å². The molecule has 0 spiro atoms. The van der Waals surface area contributed by atoms with Crippen LogP contribution in [-0.4, -0.2) is 34.7 Å². The van der Waals surface area contributed by atoms with Crippen molar-refractivity contribution in [3.05, 3.63) is 0 Å². The van der Waals surface area contributed by atoms with Crippen molar-refractivity contribution in [3.8, 4) is 0 Å². The molecular formula is C9H13NO5. The van der Waals surface area contributed by atoms with Crippen molar-refractivity contribution in [1.29, 1.82) is 0 Å². The molecular weight excluding hydrogens is 202 g/mol. The van der Waals surface area contributed by atoms with Gasteiger partial charge in [0.05, 0.1) is 0 Å². The van der Waals surface area contributed by atoms with E-state index >= 15 is 0 Å². The summed E-state index contributed by atoms with van der Waals surface area (Å²) in [7, 11) is 0. The Labute approximate surface area is 86.8 Å². The summed E-state index contributed by atoms with van der Waals surface area (Å²) in [6, 6.07) is 0. The first-order valence-corrected chi connectivity index (χ1v) is 4.55. The van der Waals surface area contributed by atoms with Crippen LogP contribution in [0.2, 0.25) is 0 Å². The Kier molecular flexibility index (Phi) is 7.00. The van der Waals surface area contributed by atoms with Gasteiger partial charge in [-0.2, -0.15) is 5.06 Å². The summed E-state index contributed by atoms with van der Waals surface area (Å²) in [6.45, 7) is 0. The summed E-state index contributed by atoms with van der Waals surface area (Å²) < 4.78 is 0. The average molecular weight is 215 g/mol. The first kappa shape index (κ1) is 13.4. The van der Waals surface area contributed by atoms with Gasteiger partial charge >= 0.3 is 0 Å². The van der Waals surface area contributed by atoms with Gasteiger partial charge in [0, 0.05) is 25.7 Å². The first-order chi connectivity index (χ1) is 7.13. The molecule has 0 radical (unpaired) electrons. The van der Waals surface area contributed by atoms with Crippen molar-refractivity contribution in [1.82, 2.24) is 5.06 Å². The summed E-state index contributed by atoms with van der Waals surface area (Å²) in [5.74, 6) is -1.01. The molecule has 0 aliphatic carbocycles. The second kappa shape index (κ2) is 7.81. The summed E-state index contributed by atoms with van der Waals surface area (Å²) >= 11 is 0. The number of hydroxylamine groups is 2. The second-order valence-corrected chi connectivity index (χ2v) is 2.86. The standard InChI is InChI=1S/C5H8O2.C4H5NO3/c6-4-2-1-3-5-7;6-3-1-2-4(7)5(3)8/h4-5H,1-3H2;8H,1-2H2. The van der Waals surface area contributed by atoms with E-state index in [-0.39, 0.29) is 17.9 Å². The van der Waals surface area contributed by atoms with E-state index in [2.05, 4.69) is 0 Å². The summed E-state index contributed by atoms with van der Waals surface area (Å²) in [4.78, 5) is 39.6. The zero-order valence-electron chi connectivity index (χ0n) is 8.22. The Morgan fingerprint density at radius 3 is 1.67 bits per heavy atom. The molecule has 15 heavy (non-hydrogen) atoms. The van der Waals surface area contributed by atoms with Crippen LogP contribution in [0.25, 0.3) is 0 Å². The number of imide groups is 1. The number of carbonyl (C=O) groups is 4. The maximum absolute atomic E-state index is 10.2. The van der Waals surface area contributed by atoms with Crippen molar-refractivity contribution in [2.75, 3.05) is 0 Å². The van der Waals surface area contributed by atoms with Gasteiger partial charge in [-0.25, -0.2) is 0 Å². The topological polar surface area (TPSA) is 91.8 Å². The molecule has 1 saturated heterocycles. The summed E-state index contributed by atoms with van der Waals surface area (Å²) in [6.07, 6.45) is 3.67. The Morgan fingerprint density at radius 1 is 1.07 bits per heavy atom. The average Bonchev–Trinajstić information content (AvgIpc) is 2.52. The van der Waals surface area contributed by atoms with Gasteiger partial charge in [-0.1, -0.05) is 0 Å². The molecule has 0 aromatic heterocycles. The van der Waals surface area contributed by atoms with Crippen LogP contribution in [0.15, 0.2) is 0 Å². The zero-order chi connectivity index (χ0) is 11.7. The minimum absolute atomic E-state index is 0.148. The van der Waals surface area contributed by atoms with Gasteiger partial charge in [-0.15, -0.1) is 0 Å². The van der Waals surface area contributed by atoms with E-state index in [9.17, 15) is 19.2 Å². The molecule has 0 aromatic carbocycles. The predicted molar refractivity (Wildman–Crippen MR) is 48.9 cm³/mol. The molecule has 1 heterocycles. The number of rotatable bonds is 4. The molecule has 0 saturated carbocycles. The SMILES string of the molecule is O=C1CCC(=O)N1O.O=CCCCC=O. The fourth-order valence-electron chi connectivity index (χ4n) is 0.849. The highest BCUT2D eigenvalue weighted by Crippen LogP contribution is 2.06. The van der Waals surface area contributed by atoms with Gasteiger partial charge < -0.3 is 9.59 Å². The van der Waals surface area contributed by atoms with Gasteiger partial charge in [0.25, 0.3) is 11.8 Å². The molecule has 1 fully saturated rings. The quantitative estimate of drug-likeness (QED) is 0.310. The Bertz CT molecular complexity index is 227. The molecule has 1 rings (SSSR count). The van der Waals surface area contributed by atoms with Gasteiger partial charge in [0.2, 0.25) is 0 Å². The third kappa shape index (κ3) is 5.69. The highest BCUT2D eigenvalue weighted by Gasteiger charge is 2.26. The van der Waals surface area contributed by atoms with Gasteiger partial charge in [0.15, 0.2) is 0 Å². The molecule has 84 valence electrons. The lowest BCUT2D eigenvalue weighted by Crippen LogP contribution is -2.24. The fraction of sp³-hybridized carbons (Fsp3) is 0.556. The van der Waals surface area contributed by atoms with Crippen LogP contribution < -0.4 is 0 Å². The molecule has 6 heteroatoms. The largest absolute Gasteiger partial charge is 0.303 e. The monoisotopic (exact) mass is 215 g/mol. The molecule has 2 amide bonds. The minimum Gasteiger partial charge on any atom is -0.303 e. The lowest BCUT2D eigenvalue weighted by molar-refractivity contribution is -0.171. The molecule has 0 bridgehead atoms. The van der Waals surface area contributed by atoms with Crippen molar-refractivity contribution < 1.29 is 24.4 Å². The normalized spacial score (nSPS) is 14.6. The van der Waals surface area contributed by atoms with E-state index in [1.165, 1.54) is 0 Å². The van der Waals surface area contributed by atoms with Gasteiger partial charge in [-0.3, -0.25) is 14.8 Å². The molecule has 1 aliphatic rings. The van der Waals surface area contributed by atoms with Gasteiger partial charge in [-0.05, 0) is 6.42 Å². The Balaban J connectivity index is 0.000000265. The van der Waals surface area contributed by atoms with Crippen molar-refractivity contribution in [2.45, 2.75) is 32.1 Å². The van der Waals surface area contributed by atoms with E-state index in [1.807, 2.05) is 0 Å². The van der Waals surface area contributed by atoms with Crippen LogP contribution in [0.1, 0.15) is 32.1 Å². The van der Waals surface area contributed by atoms with E-state index in [4.69, 9.17) is 5.21 Å². The number of carbonyl (C=O) groups excluding carboxylic acids is 4. The lowest BCUT2D eigenvalue weighted by Gasteiger charge is -1.98. The van der Waals surface area contributed by atoms with Crippen molar-refractivity contribution in [3.63, 3.8) is 0 Å². The van der Waals surface area contributed by atoms with E-state index in [0.29, 0.717) is 19.3 Å². The smallest absolute Gasteiger partial charge is 0.253 e. The van der Waals surface area contributed by atoms with Crippen molar-refractivity contribution >= 4 is 24.4 Å². The predicted octanol–water partition coefficient (Wildman–Crippen LogP) is 0.0791. The highest BCUT2D eigenvalue weighted by atomic mass is 16.5. The number of nitrogens with zero attached hydrogens (tertiary/aromatic N) is 1. The number of aldehydes is 2. The molecule has 0 aromatic rings. The number of hydrogen-bond acceptors (Lipinski definition) is 5. The Hall–Kier alpha value is -1.56. The first-order valence-electron chi connectivity index (χ1n) is 4.55. The van der Waals surface area contributed by atoms with Crippen LogP contribution in [-0.2, 0) is 19.2 Å². The summed E-state index contributed by atoms with van der Waals surface area (Å²) in [5.41, 5.74) is 0. The fourth-order valence-corrected chi connectivity index (χ4v) is 0.849. The van der Waals surface area contributed by atoms with E-state index in [1.54, 1.807) is 0 Å². The van der Waals surface area contributed by atoms with Crippen LogP contribution in [0.3, 0.4) is 0 Å². The van der Waals surface area contributed by atoms with Crippen LogP contribution in [0.4, 0.5) is 0 Å². The molecule has 0 unspecified atom stereocenters. The van der Waals surface area contributed by atoms with E-state index in [0.717, 1.165) is 12.6 Å². The Morgan fingerprint density at radius 2 is 1.47 bits per heavy atom. The maximum Gasteiger partial charge on any atom is 0.253 e. The van der Waals surface area contributed by atoms with Crippen molar-refractivity contribution in [2.24, 2.45) is 0 Å². The van der Waals surface area contributed by atoms with Gasteiger partial charge in [0.1, 0.15) is 12.6 Å². The van der Waals surface area contributed by atoms with E-state index < -0.39 is 11.8 Å². The number of unbranched alkanes of at least 4 members (excludes halogenated alkanes) is 2. The van der Waals surface area contributed by atoms with Crippen LogP contribution in [0.5, 0.6) is 0 Å². The molecule has 6 nitrogen and oxygen atoms in total. The third-order valence-corrected chi connectivity index (χ3v) is 1.67. The summed E-state index contributed by atoms with van der Waals surface area (Å²) in [5, 5.41) is 8.57.